The fourth-order valence-electron chi connectivity index (χ4n) is 5.89. The molecule has 3 heterocycles. The zero-order chi connectivity index (χ0) is 28.7. The number of nitrogens with one attached hydrogen (secondary N) is 2. The van der Waals surface area contributed by atoms with Crippen LogP contribution in [-0.4, -0.2) is 52.6 Å². The third-order valence-electron chi connectivity index (χ3n) is 8.22. The maximum atomic E-state index is 13.3. The second kappa shape index (κ2) is 10.6. The summed E-state index contributed by atoms with van der Waals surface area (Å²) < 4.78 is 0. The van der Waals surface area contributed by atoms with E-state index in [4.69, 9.17) is 5.26 Å². The number of amides is 4. The molecule has 0 bridgehead atoms. The number of imide groups is 2. The van der Waals surface area contributed by atoms with Crippen LogP contribution < -0.4 is 10.6 Å². The number of rotatable bonds is 7. The van der Waals surface area contributed by atoms with Gasteiger partial charge in [0.05, 0.1) is 22.8 Å². The Morgan fingerprint density at radius 1 is 1.00 bits per heavy atom. The molecule has 3 aromatic rings. The van der Waals surface area contributed by atoms with E-state index in [9.17, 15) is 19.2 Å². The molecule has 0 aliphatic carbocycles. The number of hydrogen-bond acceptors (Lipinski definition) is 7. The third-order valence-corrected chi connectivity index (χ3v) is 8.22. The van der Waals surface area contributed by atoms with Gasteiger partial charge < -0.3 is 5.32 Å². The van der Waals surface area contributed by atoms with Crippen molar-refractivity contribution in [3.05, 3.63) is 99.6 Å². The summed E-state index contributed by atoms with van der Waals surface area (Å²) in [5, 5.41) is 14.5. The van der Waals surface area contributed by atoms with Crippen molar-refractivity contribution in [3.63, 3.8) is 0 Å². The lowest BCUT2D eigenvalue weighted by Gasteiger charge is -2.40. The third kappa shape index (κ3) is 4.98. The molecular formula is C32H29N5O4. The first kappa shape index (κ1) is 26.4. The van der Waals surface area contributed by atoms with Crippen LogP contribution in [0.4, 0.5) is 5.69 Å². The van der Waals surface area contributed by atoms with Gasteiger partial charge in [-0.3, -0.25) is 34.3 Å². The second-order valence-corrected chi connectivity index (χ2v) is 10.9. The molecule has 3 aliphatic heterocycles. The Morgan fingerprint density at radius 3 is 2.49 bits per heavy atom. The first-order chi connectivity index (χ1) is 19.8. The fourth-order valence-corrected chi connectivity index (χ4v) is 5.89. The topological polar surface area (TPSA) is 123 Å². The van der Waals surface area contributed by atoms with Crippen molar-refractivity contribution < 1.29 is 19.2 Å². The molecule has 6 rings (SSSR count). The van der Waals surface area contributed by atoms with Gasteiger partial charge in [-0.1, -0.05) is 36.4 Å². The van der Waals surface area contributed by atoms with Gasteiger partial charge in [0.25, 0.3) is 11.8 Å². The highest BCUT2D eigenvalue weighted by atomic mass is 16.2. The summed E-state index contributed by atoms with van der Waals surface area (Å²) in [6.07, 6.45) is 0.206. The van der Waals surface area contributed by atoms with E-state index in [0.717, 1.165) is 30.1 Å². The van der Waals surface area contributed by atoms with Crippen LogP contribution in [0.1, 0.15) is 67.3 Å². The number of carbonyl (C=O) groups excluding carboxylic acids is 4. The quantitative estimate of drug-likeness (QED) is 0.434. The molecule has 4 amide bonds. The second-order valence-electron chi connectivity index (χ2n) is 10.9. The smallest absolute Gasteiger partial charge is 0.264 e. The number of fused-ring (bicyclic) bond motifs is 1. The summed E-state index contributed by atoms with van der Waals surface area (Å²) >= 11 is 0. The fraction of sp³-hybridized carbons (Fsp3) is 0.281. The minimum atomic E-state index is -0.992. The minimum Gasteiger partial charge on any atom is -0.380 e. The molecule has 2 fully saturated rings. The molecule has 0 aromatic heterocycles. The molecule has 9 heteroatoms. The summed E-state index contributed by atoms with van der Waals surface area (Å²) in [6, 6.07) is 20.4. The summed E-state index contributed by atoms with van der Waals surface area (Å²) in [6.45, 7) is 5.39. The average molecular weight is 548 g/mol. The van der Waals surface area contributed by atoms with Crippen LogP contribution in [0.5, 0.6) is 0 Å². The summed E-state index contributed by atoms with van der Waals surface area (Å²) in [7, 11) is 0. The largest absolute Gasteiger partial charge is 0.380 e. The van der Waals surface area contributed by atoms with Gasteiger partial charge in [-0.25, -0.2) is 0 Å². The Hall–Kier alpha value is -4.81. The predicted octanol–water partition coefficient (Wildman–Crippen LogP) is 3.48. The lowest BCUT2D eigenvalue weighted by Crippen LogP contribution is -2.54. The van der Waals surface area contributed by atoms with Crippen LogP contribution in [0.3, 0.4) is 0 Å². The predicted molar refractivity (Wildman–Crippen MR) is 151 cm³/mol. The molecule has 2 saturated heterocycles. The van der Waals surface area contributed by atoms with Crippen LogP contribution in [0, 0.1) is 18.3 Å². The molecule has 1 atom stereocenters. The molecule has 9 nitrogen and oxygen atoms in total. The number of likely N-dealkylation sites (tertiary alicyclic amines) is 1. The zero-order valence-electron chi connectivity index (χ0n) is 22.6. The average Bonchev–Trinajstić information content (AvgIpc) is 3.20. The molecular weight excluding hydrogens is 518 g/mol. The van der Waals surface area contributed by atoms with Crippen LogP contribution in [0.2, 0.25) is 0 Å². The Labute approximate surface area is 237 Å². The Kier molecular flexibility index (Phi) is 6.85. The summed E-state index contributed by atoms with van der Waals surface area (Å²) in [5.74, 6) is -1.58. The first-order valence-electron chi connectivity index (χ1n) is 13.7. The van der Waals surface area contributed by atoms with E-state index in [-0.39, 0.29) is 24.0 Å². The van der Waals surface area contributed by atoms with E-state index >= 15 is 0 Å². The Bertz CT molecular complexity index is 1620. The van der Waals surface area contributed by atoms with Crippen LogP contribution in [0.15, 0.2) is 60.7 Å². The van der Waals surface area contributed by atoms with Crippen molar-refractivity contribution in [2.45, 2.75) is 44.8 Å². The monoisotopic (exact) mass is 547 g/mol. The molecule has 3 aliphatic rings. The maximum absolute atomic E-state index is 13.3. The standard InChI is InChI=1S/C32H29N5O4/c1-19-13-21(7-10-23(19)16-36-17-24(18-36)22-8-5-20(14-33)6-9-22)15-34-26-4-2-3-25-29(26)32(41)37(31(25)40)27-11-12-28(38)35-30(27)39/h2-10,13,24,27,34H,11-12,15-18H2,1H3,(H,35,38,39). The van der Waals surface area contributed by atoms with E-state index < -0.39 is 29.7 Å². The van der Waals surface area contributed by atoms with Crippen LogP contribution in [0.25, 0.3) is 0 Å². The van der Waals surface area contributed by atoms with E-state index in [1.54, 1.807) is 18.2 Å². The van der Waals surface area contributed by atoms with Crippen molar-refractivity contribution >= 4 is 29.3 Å². The van der Waals surface area contributed by atoms with Gasteiger partial charge in [0.2, 0.25) is 11.8 Å². The summed E-state index contributed by atoms with van der Waals surface area (Å²) in [5.41, 5.74) is 6.48. The molecule has 0 spiro atoms. The highest BCUT2D eigenvalue weighted by Gasteiger charge is 2.45. The van der Waals surface area contributed by atoms with Gasteiger partial charge in [-0.15, -0.1) is 0 Å². The highest BCUT2D eigenvalue weighted by Crippen LogP contribution is 2.33. The Balaban J connectivity index is 1.08. The van der Waals surface area contributed by atoms with Crippen molar-refractivity contribution in [2.24, 2.45) is 0 Å². The number of piperidine rings is 1. The van der Waals surface area contributed by atoms with Crippen LogP contribution >= 0.6 is 0 Å². The normalized spacial score (nSPS) is 19.0. The zero-order valence-corrected chi connectivity index (χ0v) is 22.6. The van der Waals surface area contributed by atoms with Crippen molar-refractivity contribution in [3.8, 4) is 6.07 Å². The molecule has 206 valence electrons. The van der Waals surface area contributed by atoms with E-state index in [1.165, 1.54) is 16.7 Å². The lowest BCUT2D eigenvalue weighted by atomic mass is 9.90. The number of anilines is 1. The van der Waals surface area contributed by atoms with Gasteiger partial charge in [0.15, 0.2) is 0 Å². The molecule has 41 heavy (non-hydrogen) atoms. The Morgan fingerprint density at radius 2 is 1.78 bits per heavy atom. The van der Waals surface area contributed by atoms with E-state index in [2.05, 4.69) is 46.7 Å². The molecule has 1 unspecified atom stereocenters. The first-order valence-corrected chi connectivity index (χ1v) is 13.7. The number of carbonyl (C=O) groups is 4. The maximum Gasteiger partial charge on any atom is 0.264 e. The summed E-state index contributed by atoms with van der Waals surface area (Å²) in [4.78, 5) is 53.7. The molecule has 0 radical (unpaired) electrons. The highest BCUT2D eigenvalue weighted by molar-refractivity contribution is 6.25. The van der Waals surface area contributed by atoms with Crippen molar-refractivity contribution in [2.75, 3.05) is 18.4 Å². The van der Waals surface area contributed by atoms with Gasteiger partial charge in [0.1, 0.15) is 6.04 Å². The van der Waals surface area contributed by atoms with Gasteiger partial charge in [0, 0.05) is 44.2 Å². The SMILES string of the molecule is Cc1cc(CNc2cccc3c2C(=O)N(C2CCC(=O)NC2=O)C3=O)ccc1CN1CC(c2ccc(C#N)cc2)C1. The van der Waals surface area contributed by atoms with Gasteiger partial charge in [-0.2, -0.15) is 5.26 Å². The van der Waals surface area contributed by atoms with E-state index in [1.807, 2.05) is 24.3 Å². The molecule has 0 saturated carbocycles. The molecule has 3 aromatic carbocycles. The number of nitrogens with zero attached hydrogens (tertiary/aromatic N) is 3. The van der Waals surface area contributed by atoms with Gasteiger partial charge in [-0.05, 0) is 59.9 Å². The van der Waals surface area contributed by atoms with Gasteiger partial charge >= 0.3 is 0 Å². The van der Waals surface area contributed by atoms with Crippen LogP contribution in [-0.2, 0) is 22.7 Å². The van der Waals surface area contributed by atoms with E-state index in [0.29, 0.717) is 23.7 Å². The number of aryl methyl sites for hydroxylation is 1. The lowest BCUT2D eigenvalue weighted by molar-refractivity contribution is -0.136. The number of benzene rings is 3. The molecule has 2 N–H and O–H groups in total. The van der Waals surface area contributed by atoms with Crippen molar-refractivity contribution in [1.82, 2.24) is 15.1 Å². The number of nitriles is 1. The minimum absolute atomic E-state index is 0.0831. The van der Waals surface area contributed by atoms with Crippen molar-refractivity contribution in [1.29, 1.82) is 5.26 Å². The number of hydrogen-bond donors (Lipinski definition) is 2.